The van der Waals surface area contributed by atoms with Gasteiger partial charge in [-0.1, -0.05) is 18.5 Å². The Morgan fingerprint density at radius 2 is 2.00 bits per heavy atom. The van der Waals surface area contributed by atoms with Crippen molar-refractivity contribution < 1.29 is 13.5 Å². The average Bonchev–Trinajstić information content (AvgIpc) is 2.97. The predicted octanol–water partition coefficient (Wildman–Crippen LogP) is 5.40. The van der Waals surface area contributed by atoms with Gasteiger partial charge in [-0.05, 0) is 50.3 Å². The summed E-state index contributed by atoms with van der Waals surface area (Å²) in [5, 5.41) is 0.976. The van der Waals surface area contributed by atoms with Crippen LogP contribution in [0.4, 0.5) is 14.6 Å². The summed E-state index contributed by atoms with van der Waals surface area (Å²) >= 11 is 6.70. The largest absolute Gasteiger partial charge is 0.491 e. The molecular weight excluding hydrogens is 436 g/mol. The van der Waals surface area contributed by atoms with Crippen molar-refractivity contribution in [2.24, 2.45) is 5.92 Å². The fourth-order valence-electron chi connectivity index (χ4n) is 4.85. The molecule has 2 atom stereocenters. The lowest BCUT2D eigenvalue weighted by molar-refractivity contribution is 0.316. The highest BCUT2D eigenvalue weighted by Gasteiger charge is 2.30. The van der Waals surface area contributed by atoms with Crippen LogP contribution in [0.3, 0.4) is 0 Å². The van der Waals surface area contributed by atoms with E-state index in [1.54, 1.807) is 10.6 Å². The highest BCUT2D eigenvalue weighted by atomic mass is 35.5. The fraction of sp³-hybridized carbons (Fsp3) is 0.417. The first-order chi connectivity index (χ1) is 15.3. The maximum absolute atomic E-state index is 14.8. The van der Waals surface area contributed by atoms with Crippen LogP contribution in [-0.4, -0.2) is 28.7 Å². The van der Waals surface area contributed by atoms with Crippen molar-refractivity contribution in [2.75, 3.05) is 18.1 Å². The number of benzene rings is 2. The molecule has 32 heavy (non-hydrogen) atoms. The highest BCUT2D eigenvalue weighted by molar-refractivity contribution is 6.35. The Labute approximate surface area is 189 Å². The number of rotatable bonds is 2. The van der Waals surface area contributed by atoms with Gasteiger partial charge in [0.15, 0.2) is 5.75 Å². The van der Waals surface area contributed by atoms with E-state index in [2.05, 4.69) is 23.7 Å². The standard InChI is InChI=1S/C24H24ClF2N3O2/c1-13-4-5-14(2)30(12-13)23-17-11-18(25)20(16-7-6-15(26)10-19(16)27)22-21(17)29(24(31)28-23)8-3-9-32-22/h6-7,10-11,13-14H,3-5,8-9,12H2,1-2H3/t13-,14-/m0/s1. The Hall–Kier alpha value is -2.67. The van der Waals surface area contributed by atoms with E-state index in [4.69, 9.17) is 16.3 Å². The van der Waals surface area contributed by atoms with Crippen LogP contribution in [0.15, 0.2) is 29.1 Å². The van der Waals surface area contributed by atoms with Gasteiger partial charge in [-0.15, -0.1) is 0 Å². The SMILES string of the molecule is C[C@H]1CC[C@H](C)N(c2nc(=O)n3c4c(c(-c5ccc(F)cc5F)c(Cl)cc24)OCCC3)C1. The second-order valence-corrected chi connectivity index (χ2v) is 9.25. The molecule has 168 valence electrons. The molecule has 0 bridgehead atoms. The summed E-state index contributed by atoms with van der Waals surface area (Å²) in [6, 6.07) is 5.31. The number of halogens is 3. The molecule has 0 N–H and O–H groups in total. The Bertz CT molecular complexity index is 1280. The van der Waals surface area contributed by atoms with E-state index in [0.29, 0.717) is 53.5 Å². The molecule has 2 aliphatic heterocycles. The van der Waals surface area contributed by atoms with Crippen LogP contribution in [0.1, 0.15) is 33.1 Å². The molecule has 1 aromatic heterocycles. The van der Waals surface area contributed by atoms with Crippen LogP contribution in [0.2, 0.25) is 5.02 Å². The zero-order valence-electron chi connectivity index (χ0n) is 18.0. The molecule has 2 aliphatic rings. The van der Waals surface area contributed by atoms with Crippen LogP contribution in [-0.2, 0) is 6.54 Å². The minimum Gasteiger partial charge on any atom is -0.491 e. The lowest BCUT2D eigenvalue weighted by Crippen LogP contribution is -2.43. The molecule has 0 spiro atoms. The van der Waals surface area contributed by atoms with Gasteiger partial charge in [0.05, 0.1) is 17.1 Å². The topological polar surface area (TPSA) is 47.4 Å². The van der Waals surface area contributed by atoms with Crippen LogP contribution in [0.25, 0.3) is 22.0 Å². The van der Waals surface area contributed by atoms with Gasteiger partial charge >= 0.3 is 5.69 Å². The van der Waals surface area contributed by atoms with Gasteiger partial charge in [-0.3, -0.25) is 4.57 Å². The Morgan fingerprint density at radius 3 is 2.78 bits per heavy atom. The van der Waals surface area contributed by atoms with Gasteiger partial charge in [-0.25, -0.2) is 13.6 Å². The van der Waals surface area contributed by atoms with Crippen LogP contribution >= 0.6 is 11.6 Å². The molecular formula is C24H24ClF2N3O2. The van der Waals surface area contributed by atoms with Gasteiger partial charge in [0.25, 0.3) is 0 Å². The summed E-state index contributed by atoms with van der Waals surface area (Å²) in [4.78, 5) is 19.7. The number of anilines is 1. The molecule has 2 aromatic carbocycles. The molecule has 0 aliphatic carbocycles. The van der Waals surface area contributed by atoms with E-state index in [9.17, 15) is 13.6 Å². The Kier molecular flexibility index (Phi) is 5.32. The number of hydrogen-bond donors (Lipinski definition) is 0. The second kappa shape index (κ2) is 8.03. The molecule has 0 unspecified atom stereocenters. The predicted molar refractivity (Wildman–Crippen MR) is 122 cm³/mol. The first kappa shape index (κ1) is 21.2. The summed E-state index contributed by atoms with van der Waals surface area (Å²) in [6.07, 6.45) is 2.73. The Morgan fingerprint density at radius 1 is 1.19 bits per heavy atom. The second-order valence-electron chi connectivity index (χ2n) is 8.84. The zero-order chi connectivity index (χ0) is 22.6. The first-order valence-electron chi connectivity index (χ1n) is 11.0. The highest BCUT2D eigenvalue weighted by Crippen LogP contribution is 2.46. The van der Waals surface area contributed by atoms with Crippen molar-refractivity contribution in [3.63, 3.8) is 0 Å². The fourth-order valence-corrected chi connectivity index (χ4v) is 5.15. The zero-order valence-corrected chi connectivity index (χ0v) is 18.8. The van der Waals surface area contributed by atoms with Gasteiger partial charge in [0.1, 0.15) is 17.5 Å². The van der Waals surface area contributed by atoms with Gasteiger partial charge in [-0.2, -0.15) is 4.98 Å². The third kappa shape index (κ3) is 3.43. The van der Waals surface area contributed by atoms with Gasteiger partial charge in [0, 0.05) is 41.7 Å². The molecule has 0 saturated carbocycles. The number of piperidine rings is 1. The molecule has 0 radical (unpaired) electrons. The summed E-state index contributed by atoms with van der Waals surface area (Å²) in [5.41, 5.74) is 0.653. The van der Waals surface area contributed by atoms with Crippen molar-refractivity contribution in [3.8, 4) is 16.9 Å². The summed E-state index contributed by atoms with van der Waals surface area (Å²) in [5.74, 6) is -0.0162. The Balaban J connectivity index is 1.84. The molecule has 8 heteroatoms. The number of hydrogen-bond acceptors (Lipinski definition) is 4. The van der Waals surface area contributed by atoms with Crippen molar-refractivity contribution in [1.82, 2.24) is 9.55 Å². The van der Waals surface area contributed by atoms with E-state index in [0.717, 1.165) is 25.5 Å². The molecule has 1 fully saturated rings. The summed E-state index contributed by atoms with van der Waals surface area (Å²) in [6.45, 7) is 5.89. The molecule has 5 rings (SSSR count). The molecule has 0 amide bonds. The number of aryl methyl sites for hydroxylation is 1. The van der Waals surface area contributed by atoms with E-state index in [1.165, 1.54) is 12.1 Å². The quantitative estimate of drug-likeness (QED) is 0.514. The minimum atomic E-state index is -0.739. The molecule has 5 nitrogen and oxygen atoms in total. The normalized spacial score (nSPS) is 20.8. The maximum atomic E-state index is 14.8. The third-order valence-corrected chi connectivity index (χ3v) is 6.81. The maximum Gasteiger partial charge on any atom is 0.350 e. The molecule has 3 heterocycles. The number of ether oxygens (including phenoxy) is 1. The van der Waals surface area contributed by atoms with Crippen LogP contribution < -0.4 is 15.3 Å². The average molecular weight is 460 g/mol. The van der Waals surface area contributed by atoms with E-state index >= 15 is 0 Å². The monoisotopic (exact) mass is 459 g/mol. The first-order valence-corrected chi connectivity index (χ1v) is 11.3. The van der Waals surface area contributed by atoms with Gasteiger partial charge in [0.2, 0.25) is 0 Å². The van der Waals surface area contributed by atoms with Crippen LogP contribution in [0, 0.1) is 17.6 Å². The smallest absolute Gasteiger partial charge is 0.350 e. The van der Waals surface area contributed by atoms with E-state index in [-0.39, 0.29) is 22.3 Å². The summed E-state index contributed by atoms with van der Waals surface area (Å²) < 4.78 is 36.0. The van der Waals surface area contributed by atoms with Crippen LogP contribution in [0.5, 0.6) is 5.75 Å². The number of nitrogens with zero attached hydrogens (tertiary/aromatic N) is 3. The summed E-state index contributed by atoms with van der Waals surface area (Å²) in [7, 11) is 0. The molecule has 3 aromatic rings. The number of aromatic nitrogens is 2. The van der Waals surface area contributed by atoms with Crippen molar-refractivity contribution in [1.29, 1.82) is 0 Å². The van der Waals surface area contributed by atoms with E-state index < -0.39 is 11.6 Å². The van der Waals surface area contributed by atoms with Crippen molar-refractivity contribution in [3.05, 3.63) is 51.4 Å². The molecule has 1 saturated heterocycles. The van der Waals surface area contributed by atoms with Gasteiger partial charge < -0.3 is 9.64 Å². The van der Waals surface area contributed by atoms with Crippen molar-refractivity contribution in [2.45, 2.75) is 45.7 Å². The van der Waals surface area contributed by atoms with Crippen molar-refractivity contribution >= 4 is 28.3 Å². The minimum absolute atomic E-state index is 0.132. The third-order valence-electron chi connectivity index (χ3n) is 6.51. The lowest BCUT2D eigenvalue weighted by Gasteiger charge is -2.38. The lowest BCUT2D eigenvalue weighted by atomic mass is 9.94. The van der Waals surface area contributed by atoms with E-state index in [1.807, 2.05) is 0 Å².